The van der Waals surface area contributed by atoms with Crippen LogP contribution >= 0.6 is 11.6 Å². The van der Waals surface area contributed by atoms with Crippen LogP contribution in [0.15, 0.2) is 36.7 Å². The molecular weight excluding hydrogens is 408 g/mol. The second kappa shape index (κ2) is 8.09. The van der Waals surface area contributed by atoms with E-state index in [1.807, 2.05) is 13.1 Å². The van der Waals surface area contributed by atoms with Gasteiger partial charge in [-0.1, -0.05) is 23.7 Å². The van der Waals surface area contributed by atoms with Crippen LogP contribution in [0.25, 0.3) is 11.3 Å². The normalized spacial score (nSPS) is 18.4. The van der Waals surface area contributed by atoms with Crippen molar-refractivity contribution in [3.8, 4) is 11.3 Å². The summed E-state index contributed by atoms with van der Waals surface area (Å²) >= 11 is 6.51. The van der Waals surface area contributed by atoms with E-state index in [-0.39, 0.29) is 6.04 Å². The van der Waals surface area contributed by atoms with E-state index < -0.39 is 0 Å². The van der Waals surface area contributed by atoms with Crippen molar-refractivity contribution in [2.75, 3.05) is 29.4 Å². The number of hydrogen-bond acceptors (Lipinski definition) is 6. The molecule has 2 aliphatic heterocycles. The summed E-state index contributed by atoms with van der Waals surface area (Å²) in [6.07, 6.45) is 5.55. The lowest BCUT2D eigenvalue weighted by molar-refractivity contribution is 0.700. The fourth-order valence-corrected chi connectivity index (χ4v) is 4.74. The number of aromatic nitrogens is 3. The lowest BCUT2D eigenvalue weighted by Crippen LogP contribution is -2.32. The number of nitrogens with two attached hydrogens (primary N) is 1. The monoisotopic (exact) mass is 434 g/mol. The number of rotatable bonds is 3. The molecule has 0 aromatic carbocycles. The molecule has 5 heterocycles. The third-order valence-corrected chi connectivity index (χ3v) is 6.52. The number of pyridine rings is 3. The fourth-order valence-electron chi connectivity index (χ4n) is 4.55. The summed E-state index contributed by atoms with van der Waals surface area (Å²) < 4.78 is 0. The van der Waals surface area contributed by atoms with Gasteiger partial charge < -0.3 is 15.5 Å². The van der Waals surface area contributed by atoms with Crippen molar-refractivity contribution in [3.63, 3.8) is 0 Å². The van der Waals surface area contributed by atoms with Crippen molar-refractivity contribution in [1.29, 1.82) is 0 Å². The Hall–Kier alpha value is -2.70. The maximum absolute atomic E-state index is 6.51. The Morgan fingerprint density at radius 1 is 1.03 bits per heavy atom. The molecular formula is C24H27ClN6. The van der Waals surface area contributed by atoms with E-state index in [0.717, 1.165) is 73.0 Å². The molecule has 0 amide bonds. The Morgan fingerprint density at radius 3 is 2.68 bits per heavy atom. The molecule has 6 nitrogen and oxygen atoms in total. The van der Waals surface area contributed by atoms with E-state index in [0.29, 0.717) is 5.02 Å². The quantitative estimate of drug-likeness (QED) is 0.673. The van der Waals surface area contributed by atoms with Crippen molar-refractivity contribution in [3.05, 3.63) is 64.1 Å². The molecule has 1 atom stereocenters. The van der Waals surface area contributed by atoms with Gasteiger partial charge in [-0.3, -0.25) is 4.98 Å². The van der Waals surface area contributed by atoms with Gasteiger partial charge in [0.2, 0.25) is 0 Å². The standard InChI is InChI=1S/C24H27ClN6/c1-15-9-16(2)24(28-11-15)19-10-23(27-12-20(19)25)30-8-6-21-17(13-30)3-4-22(29-21)31-7-5-18(26)14-31/h3-4,9-12,18H,5-8,13-14,26H2,1-2H3. The van der Waals surface area contributed by atoms with Gasteiger partial charge in [-0.2, -0.15) is 0 Å². The van der Waals surface area contributed by atoms with Crippen LogP contribution in [-0.4, -0.2) is 40.6 Å². The van der Waals surface area contributed by atoms with E-state index >= 15 is 0 Å². The van der Waals surface area contributed by atoms with E-state index in [1.165, 1.54) is 11.3 Å². The van der Waals surface area contributed by atoms with Gasteiger partial charge in [0, 0.05) is 62.3 Å². The molecule has 0 aliphatic carbocycles. The molecule has 160 valence electrons. The minimum absolute atomic E-state index is 0.255. The summed E-state index contributed by atoms with van der Waals surface area (Å²) in [5, 5.41) is 0.621. The fraction of sp³-hybridized carbons (Fsp3) is 0.375. The summed E-state index contributed by atoms with van der Waals surface area (Å²) in [6, 6.07) is 8.78. The Morgan fingerprint density at radius 2 is 1.90 bits per heavy atom. The summed E-state index contributed by atoms with van der Waals surface area (Å²) in [4.78, 5) is 18.8. The van der Waals surface area contributed by atoms with Gasteiger partial charge in [-0.15, -0.1) is 0 Å². The molecule has 0 radical (unpaired) electrons. The first-order valence-electron chi connectivity index (χ1n) is 10.8. The first kappa shape index (κ1) is 20.2. The minimum atomic E-state index is 0.255. The highest BCUT2D eigenvalue weighted by Crippen LogP contribution is 2.33. The Kier molecular flexibility index (Phi) is 5.28. The summed E-state index contributed by atoms with van der Waals surface area (Å²) in [6.45, 7) is 7.66. The molecule has 2 N–H and O–H groups in total. The van der Waals surface area contributed by atoms with Crippen LogP contribution < -0.4 is 15.5 Å². The lowest BCUT2D eigenvalue weighted by Gasteiger charge is -2.30. The van der Waals surface area contributed by atoms with Crippen LogP contribution in [0.1, 0.15) is 28.8 Å². The summed E-state index contributed by atoms with van der Waals surface area (Å²) in [5.41, 5.74) is 12.6. The number of nitrogens with zero attached hydrogens (tertiary/aromatic N) is 5. The Bertz CT molecular complexity index is 1130. The van der Waals surface area contributed by atoms with Crippen molar-refractivity contribution < 1.29 is 0 Å². The smallest absolute Gasteiger partial charge is 0.129 e. The summed E-state index contributed by atoms with van der Waals surface area (Å²) in [7, 11) is 0. The van der Waals surface area contributed by atoms with Gasteiger partial charge in [0.1, 0.15) is 11.6 Å². The van der Waals surface area contributed by atoms with E-state index in [4.69, 9.17) is 22.3 Å². The number of fused-ring (bicyclic) bond motifs is 1. The number of aryl methyl sites for hydroxylation is 2. The van der Waals surface area contributed by atoms with Crippen LogP contribution in [0, 0.1) is 13.8 Å². The molecule has 3 aromatic rings. The van der Waals surface area contributed by atoms with E-state index in [1.54, 1.807) is 6.20 Å². The molecule has 3 aromatic heterocycles. The Balaban J connectivity index is 1.40. The van der Waals surface area contributed by atoms with E-state index in [9.17, 15) is 0 Å². The third-order valence-electron chi connectivity index (χ3n) is 6.22. The van der Waals surface area contributed by atoms with Crippen LogP contribution in [0.4, 0.5) is 11.6 Å². The molecule has 1 saturated heterocycles. The van der Waals surface area contributed by atoms with E-state index in [2.05, 4.69) is 51.0 Å². The number of hydrogen-bond donors (Lipinski definition) is 1. The lowest BCUT2D eigenvalue weighted by atomic mass is 10.0. The average molecular weight is 435 g/mol. The second-order valence-corrected chi connectivity index (χ2v) is 9.05. The van der Waals surface area contributed by atoms with Crippen LogP contribution in [0.2, 0.25) is 5.02 Å². The molecule has 31 heavy (non-hydrogen) atoms. The highest BCUT2D eigenvalue weighted by molar-refractivity contribution is 6.33. The average Bonchev–Trinajstić information content (AvgIpc) is 3.20. The van der Waals surface area contributed by atoms with Crippen molar-refractivity contribution >= 4 is 23.2 Å². The first-order chi connectivity index (χ1) is 15.0. The van der Waals surface area contributed by atoms with Crippen molar-refractivity contribution in [2.45, 2.75) is 39.3 Å². The molecule has 1 fully saturated rings. The summed E-state index contributed by atoms with van der Waals surface area (Å²) in [5.74, 6) is 1.97. The van der Waals surface area contributed by atoms with Crippen molar-refractivity contribution in [1.82, 2.24) is 15.0 Å². The first-order valence-corrected chi connectivity index (χ1v) is 11.2. The molecule has 0 spiro atoms. The number of anilines is 2. The van der Waals surface area contributed by atoms with Gasteiger partial charge in [0.15, 0.2) is 0 Å². The topological polar surface area (TPSA) is 71.2 Å². The predicted molar refractivity (Wildman–Crippen MR) is 126 cm³/mol. The Labute approximate surface area is 188 Å². The van der Waals surface area contributed by atoms with Crippen LogP contribution in [-0.2, 0) is 13.0 Å². The molecule has 1 unspecified atom stereocenters. The zero-order valence-electron chi connectivity index (χ0n) is 18.0. The minimum Gasteiger partial charge on any atom is -0.355 e. The maximum atomic E-state index is 6.51. The third kappa shape index (κ3) is 3.98. The van der Waals surface area contributed by atoms with Gasteiger partial charge >= 0.3 is 0 Å². The molecule has 2 aliphatic rings. The molecule has 7 heteroatoms. The zero-order valence-corrected chi connectivity index (χ0v) is 18.7. The van der Waals surface area contributed by atoms with Gasteiger partial charge in [-0.25, -0.2) is 9.97 Å². The zero-order chi connectivity index (χ0) is 21.5. The number of halogens is 1. The SMILES string of the molecule is Cc1cnc(-c2cc(N3CCc4nc(N5CCC(N)C5)ccc4C3)ncc2Cl)c(C)c1. The van der Waals surface area contributed by atoms with Gasteiger partial charge in [-0.05, 0) is 49.1 Å². The van der Waals surface area contributed by atoms with Crippen molar-refractivity contribution in [2.24, 2.45) is 5.73 Å². The maximum Gasteiger partial charge on any atom is 0.129 e. The van der Waals surface area contributed by atoms with Crippen LogP contribution in [0.3, 0.4) is 0 Å². The largest absolute Gasteiger partial charge is 0.355 e. The molecule has 0 saturated carbocycles. The van der Waals surface area contributed by atoms with Crippen LogP contribution in [0.5, 0.6) is 0 Å². The second-order valence-electron chi connectivity index (χ2n) is 8.64. The predicted octanol–water partition coefficient (Wildman–Crippen LogP) is 3.91. The van der Waals surface area contributed by atoms with Gasteiger partial charge in [0.05, 0.1) is 10.7 Å². The molecule has 0 bridgehead atoms. The molecule has 5 rings (SSSR count). The highest BCUT2D eigenvalue weighted by atomic mass is 35.5. The highest BCUT2D eigenvalue weighted by Gasteiger charge is 2.24. The van der Waals surface area contributed by atoms with Gasteiger partial charge in [0.25, 0.3) is 0 Å².